The summed E-state index contributed by atoms with van der Waals surface area (Å²) in [6.45, 7) is 1.73. The van der Waals surface area contributed by atoms with Crippen molar-refractivity contribution in [3.8, 4) is 17.2 Å². The number of carbonyl (C=O) groups excluding carboxylic acids is 1. The Labute approximate surface area is 153 Å². The highest BCUT2D eigenvalue weighted by atomic mass is 16.4. The van der Waals surface area contributed by atoms with Crippen LogP contribution in [0.15, 0.2) is 62.4 Å². The molecule has 1 amide bonds. The number of anilines is 1. The standard InChI is InChI=1S/C21H14N2O4/c1-12-14-9-15-16(13-5-3-2-4-6-13)11-26-17(15)10-18(14)27-21(25)20(12)23-19(24)7-8-22/h2-6,9-11H,7H2,1H3,(H,23,24). The second-order valence-electron chi connectivity index (χ2n) is 6.13. The van der Waals surface area contributed by atoms with Crippen molar-refractivity contribution in [3.63, 3.8) is 0 Å². The number of nitriles is 1. The van der Waals surface area contributed by atoms with Gasteiger partial charge in [-0.05, 0) is 24.1 Å². The first-order valence-corrected chi connectivity index (χ1v) is 8.29. The summed E-state index contributed by atoms with van der Waals surface area (Å²) in [5.41, 5.74) is 2.87. The fraction of sp³-hybridized carbons (Fsp3) is 0.0952. The van der Waals surface area contributed by atoms with Gasteiger partial charge in [0.25, 0.3) is 0 Å². The van der Waals surface area contributed by atoms with E-state index >= 15 is 0 Å². The Morgan fingerprint density at radius 2 is 1.93 bits per heavy atom. The van der Waals surface area contributed by atoms with Crippen molar-refractivity contribution in [1.82, 2.24) is 0 Å². The smallest absolute Gasteiger partial charge is 0.360 e. The maximum atomic E-state index is 12.3. The van der Waals surface area contributed by atoms with Crippen LogP contribution in [-0.2, 0) is 4.79 Å². The third-order valence-corrected chi connectivity index (χ3v) is 4.45. The molecular weight excluding hydrogens is 344 g/mol. The van der Waals surface area contributed by atoms with E-state index in [2.05, 4.69) is 5.32 Å². The second-order valence-corrected chi connectivity index (χ2v) is 6.13. The Kier molecular flexibility index (Phi) is 3.98. The molecule has 0 spiro atoms. The topological polar surface area (TPSA) is 96.2 Å². The summed E-state index contributed by atoms with van der Waals surface area (Å²) in [7, 11) is 0. The van der Waals surface area contributed by atoms with Crippen LogP contribution in [0.4, 0.5) is 5.69 Å². The molecule has 1 N–H and O–H groups in total. The monoisotopic (exact) mass is 358 g/mol. The molecule has 0 atom stereocenters. The molecule has 2 heterocycles. The maximum absolute atomic E-state index is 12.3. The average molecular weight is 358 g/mol. The van der Waals surface area contributed by atoms with E-state index in [9.17, 15) is 9.59 Å². The molecule has 0 unspecified atom stereocenters. The summed E-state index contributed by atoms with van der Waals surface area (Å²) in [6.07, 6.45) is 1.33. The lowest BCUT2D eigenvalue weighted by atomic mass is 10.0. The van der Waals surface area contributed by atoms with Crippen molar-refractivity contribution >= 4 is 33.5 Å². The molecule has 4 aromatic rings. The molecule has 0 saturated heterocycles. The van der Waals surface area contributed by atoms with Crippen LogP contribution in [0.1, 0.15) is 12.0 Å². The highest BCUT2D eigenvalue weighted by Gasteiger charge is 2.17. The number of rotatable bonds is 3. The minimum atomic E-state index is -0.666. The molecular formula is C21H14N2O4. The number of carbonyl (C=O) groups is 1. The van der Waals surface area contributed by atoms with Crippen LogP contribution in [0.5, 0.6) is 0 Å². The Morgan fingerprint density at radius 1 is 1.15 bits per heavy atom. The highest BCUT2D eigenvalue weighted by molar-refractivity contribution is 6.04. The van der Waals surface area contributed by atoms with E-state index in [0.29, 0.717) is 22.1 Å². The van der Waals surface area contributed by atoms with Crippen LogP contribution in [0.2, 0.25) is 0 Å². The van der Waals surface area contributed by atoms with Gasteiger partial charge in [-0.15, -0.1) is 0 Å². The molecule has 2 aromatic carbocycles. The first-order valence-electron chi connectivity index (χ1n) is 8.29. The van der Waals surface area contributed by atoms with Gasteiger partial charge in [-0.25, -0.2) is 4.79 Å². The Bertz CT molecular complexity index is 1280. The molecule has 0 fully saturated rings. The quantitative estimate of drug-likeness (QED) is 0.549. The van der Waals surface area contributed by atoms with Crippen LogP contribution in [0.3, 0.4) is 0 Å². The van der Waals surface area contributed by atoms with Gasteiger partial charge in [0.2, 0.25) is 5.91 Å². The van der Waals surface area contributed by atoms with Crippen LogP contribution < -0.4 is 10.9 Å². The van der Waals surface area contributed by atoms with Crippen LogP contribution in [0.25, 0.3) is 33.1 Å². The van der Waals surface area contributed by atoms with Gasteiger partial charge < -0.3 is 14.2 Å². The van der Waals surface area contributed by atoms with Gasteiger partial charge >= 0.3 is 5.63 Å². The van der Waals surface area contributed by atoms with Crippen LogP contribution in [-0.4, -0.2) is 5.91 Å². The minimum Gasteiger partial charge on any atom is -0.464 e. The molecule has 0 aliphatic heterocycles. The van der Waals surface area contributed by atoms with Crippen molar-refractivity contribution in [1.29, 1.82) is 5.26 Å². The molecule has 0 aliphatic carbocycles. The molecule has 6 nitrogen and oxygen atoms in total. The lowest BCUT2D eigenvalue weighted by molar-refractivity contribution is -0.115. The number of hydrogen-bond acceptors (Lipinski definition) is 5. The van der Waals surface area contributed by atoms with Gasteiger partial charge in [-0.3, -0.25) is 4.79 Å². The van der Waals surface area contributed by atoms with Crippen LogP contribution in [0, 0.1) is 18.3 Å². The predicted octanol–water partition coefficient (Wildman–Crippen LogP) is 4.37. The number of hydrogen-bond donors (Lipinski definition) is 1. The van der Waals surface area contributed by atoms with E-state index in [1.807, 2.05) is 36.4 Å². The fourth-order valence-corrected chi connectivity index (χ4v) is 3.11. The van der Waals surface area contributed by atoms with Crippen molar-refractivity contribution in [2.24, 2.45) is 0 Å². The SMILES string of the molecule is Cc1c(NC(=O)CC#N)c(=O)oc2cc3occ(-c4ccccc4)c3cc12. The summed E-state index contributed by atoms with van der Waals surface area (Å²) in [4.78, 5) is 24.0. The van der Waals surface area contributed by atoms with Gasteiger partial charge in [-0.1, -0.05) is 30.3 Å². The molecule has 2 aromatic heterocycles. The number of furan rings is 1. The van der Waals surface area contributed by atoms with E-state index < -0.39 is 11.5 Å². The molecule has 0 radical (unpaired) electrons. The van der Waals surface area contributed by atoms with Crippen molar-refractivity contribution < 1.29 is 13.6 Å². The number of nitrogens with zero attached hydrogens (tertiary/aromatic N) is 1. The highest BCUT2D eigenvalue weighted by Crippen LogP contribution is 2.35. The molecule has 6 heteroatoms. The van der Waals surface area contributed by atoms with Crippen molar-refractivity contribution in [2.75, 3.05) is 5.32 Å². The zero-order valence-electron chi connectivity index (χ0n) is 14.4. The van der Waals surface area contributed by atoms with Crippen LogP contribution >= 0.6 is 0 Å². The van der Waals surface area contributed by atoms with E-state index in [1.165, 1.54) is 0 Å². The third kappa shape index (κ3) is 2.85. The van der Waals surface area contributed by atoms with Gasteiger partial charge in [-0.2, -0.15) is 5.26 Å². The zero-order valence-corrected chi connectivity index (χ0v) is 14.4. The number of aryl methyl sites for hydroxylation is 1. The first-order chi connectivity index (χ1) is 13.1. The zero-order chi connectivity index (χ0) is 19.0. The van der Waals surface area contributed by atoms with Gasteiger partial charge in [0.1, 0.15) is 23.3 Å². The average Bonchev–Trinajstić information content (AvgIpc) is 3.07. The van der Waals surface area contributed by atoms with Gasteiger partial charge in [0.15, 0.2) is 0 Å². The molecule has 0 saturated carbocycles. The Hall–Kier alpha value is -3.85. The maximum Gasteiger partial charge on any atom is 0.360 e. The molecule has 132 valence electrons. The lowest BCUT2D eigenvalue weighted by Gasteiger charge is -2.08. The molecule has 0 aliphatic rings. The summed E-state index contributed by atoms with van der Waals surface area (Å²) >= 11 is 0. The largest absolute Gasteiger partial charge is 0.464 e. The van der Waals surface area contributed by atoms with Gasteiger partial charge in [0, 0.05) is 22.4 Å². The van der Waals surface area contributed by atoms with E-state index in [0.717, 1.165) is 16.5 Å². The minimum absolute atomic E-state index is 0.0480. The number of benzene rings is 2. The second kappa shape index (κ2) is 6.46. The summed E-state index contributed by atoms with van der Waals surface area (Å²) in [5, 5.41) is 12.7. The number of amides is 1. The van der Waals surface area contributed by atoms with E-state index in [-0.39, 0.29) is 12.1 Å². The van der Waals surface area contributed by atoms with E-state index in [1.54, 1.807) is 25.3 Å². The molecule has 0 bridgehead atoms. The predicted molar refractivity (Wildman–Crippen MR) is 101 cm³/mol. The lowest BCUT2D eigenvalue weighted by Crippen LogP contribution is -2.18. The first kappa shape index (κ1) is 16.6. The summed E-state index contributed by atoms with van der Waals surface area (Å²) in [6, 6.07) is 15.1. The third-order valence-electron chi connectivity index (χ3n) is 4.45. The summed E-state index contributed by atoms with van der Waals surface area (Å²) < 4.78 is 11.0. The fourth-order valence-electron chi connectivity index (χ4n) is 3.11. The normalized spacial score (nSPS) is 10.8. The molecule has 27 heavy (non-hydrogen) atoms. The number of nitrogens with one attached hydrogen (secondary N) is 1. The Morgan fingerprint density at radius 3 is 2.67 bits per heavy atom. The Balaban J connectivity index is 1.93. The number of fused-ring (bicyclic) bond motifs is 2. The summed E-state index contributed by atoms with van der Waals surface area (Å²) in [5.74, 6) is -0.554. The van der Waals surface area contributed by atoms with Crippen molar-refractivity contribution in [2.45, 2.75) is 13.3 Å². The molecule has 4 rings (SSSR count). The van der Waals surface area contributed by atoms with Gasteiger partial charge in [0.05, 0.1) is 12.3 Å². The van der Waals surface area contributed by atoms with E-state index in [4.69, 9.17) is 14.1 Å². The van der Waals surface area contributed by atoms with Crippen molar-refractivity contribution in [3.05, 3.63) is 64.7 Å².